The molecule has 3 aromatic rings. The molecule has 0 fully saturated rings. The van der Waals surface area contributed by atoms with Gasteiger partial charge in [0.05, 0.1) is 5.02 Å². The van der Waals surface area contributed by atoms with Crippen LogP contribution < -0.4 is 5.32 Å². The highest BCUT2D eigenvalue weighted by molar-refractivity contribution is 7.20. The fourth-order valence-corrected chi connectivity index (χ4v) is 3.81. The number of fused-ring (bicyclic) bond motifs is 1. The lowest BCUT2D eigenvalue weighted by atomic mass is 10.2. The van der Waals surface area contributed by atoms with E-state index in [1.54, 1.807) is 11.6 Å². The molecule has 0 aliphatic heterocycles. The first-order chi connectivity index (χ1) is 10.7. The number of thiazole rings is 1. The molecule has 0 aliphatic rings. The van der Waals surface area contributed by atoms with Gasteiger partial charge in [-0.15, -0.1) is 22.7 Å². The summed E-state index contributed by atoms with van der Waals surface area (Å²) in [4.78, 5) is 16.7. The smallest absolute Gasteiger partial charge is 0.268 e. The molecule has 1 amide bonds. The first-order valence-electron chi connectivity index (χ1n) is 6.18. The lowest BCUT2D eigenvalue weighted by molar-refractivity contribution is -0.112. The Morgan fingerprint density at radius 3 is 2.91 bits per heavy atom. The minimum atomic E-state index is -0.494. The third-order valence-corrected chi connectivity index (χ3v) is 5.18. The number of rotatable bonds is 3. The van der Waals surface area contributed by atoms with Crippen molar-refractivity contribution < 1.29 is 4.79 Å². The first-order valence-corrected chi connectivity index (χ1v) is 8.26. The van der Waals surface area contributed by atoms with Crippen LogP contribution in [0.1, 0.15) is 4.88 Å². The third-order valence-electron chi connectivity index (χ3n) is 2.85. The number of benzene rings is 1. The van der Waals surface area contributed by atoms with Crippen LogP contribution in [0.3, 0.4) is 0 Å². The van der Waals surface area contributed by atoms with E-state index < -0.39 is 5.91 Å². The van der Waals surface area contributed by atoms with E-state index in [-0.39, 0.29) is 5.57 Å². The fourth-order valence-electron chi connectivity index (χ4n) is 1.86. The van der Waals surface area contributed by atoms with Crippen molar-refractivity contribution in [2.75, 3.05) is 5.32 Å². The molecule has 0 bridgehead atoms. The van der Waals surface area contributed by atoms with Crippen molar-refractivity contribution >= 4 is 61.5 Å². The largest absolute Gasteiger partial charge is 0.297 e. The zero-order chi connectivity index (χ0) is 15.5. The Balaban J connectivity index is 1.95. The number of nitrogens with one attached hydrogen (secondary N) is 1. The van der Waals surface area contributed by atoms with E-state index >= 15 is 0 Å². The molecule has 108 valence electrons. The van der Waals surface area contributed by atoms with E-state index in [0.717, 1.165) is 10.1 Å². The molecule has 2 heterocycles. The minimum Gasteiger partial charge on any atom is -0.297 e. The fraction of sp³-hybridized carbons (Fsp3) is 0. The zero-order valence-corrected chi connectivity index (χ0v) is 13.4. The summed E-state index contributed by atoms with van der Waals surface area (Å²) in [6.07, 6.45) is 3.09. The molecule has 22 heavy (non-hydrogen) atoms. The van der Waals surface area contributed by atoms with Crippen LogP contribution in [0, 0.1) is 11.3 Å². The molecule has 4 nitrogen and oxygen atoms in total. The molecular formula is C15H8ClN3OS2. The summed E-state index contributed by atoms with van der Waals surface area (Å²) in [7, 11) is 0. The summed E-state index contributed by atoms with van der Waals surface area (Å²) in [5.74, 6) is -0.494. The summed E-state index contributed by atoms with van der Waals surface area (Å²) in [6, 6.07) is 9.58. The van der Waals surface area contributed by atoms with Crippen LogP contribution in [0.25, 0.3) is 16.2 Å². The summed E-state index contributed by atoms with van der Waals surface area (Å²) < 4.78 is 1.01. The van der Waals surface area contributed by atoms with Gasteiger partial charge in [0.15, 0.2) is 5.13 Å². The van der Waals surface area contributed by atoms with Crippen LogP contribution in [0.4, 0.5) is 5.13 Å². The van der Waals surface area contributed by atoms with E-state index in [9.17, 15) is 10.1 Å². The maximum Gasteiger partial charge on any atom is 0.268 e. The van der Waals surface area contributed by atoms with Gasteiger partial charge in [0.25, 0.3) is 5.91 Å². The monoisotopic (exact) mass is 345 g/mol. The van der Waals surface area contributed by atoms with Crippen molar-refractivity contribution in [3.63, 3.8) is 0 Å². The highest BCUT2D eigenvalue weighted by Gasteiger charge is 2.14. The van der Waals surface area contributed by atoms with Gasteiger partial charge in [-0.1, -0.05) is 29.8 Å². The number of carbonyl (C=O) groups excluding carboxylic acids is 1. The number of carbonyl (C=O) groups is 1. The Morgan fingerprint density at radius 2 is 2.23 bits per heavy atom. The van der Waals surface area contributed by atoms with Crippen LogP contribution in [-0.2, 0) is 4.79 Å². The number of aromatic nitrogens is 1. The first kappa shape index (κ1) is 14.7. The molecule has 0 atom stereocenters. The summed E-state index contributed by atoms with van der Waals surface area (Å²) in [6.45, 7) is 0. The van der Waals surface area contributed by atoms with Crippen molar-refractivity contribution in [2.24, 2.45) is 0 Å². The predicted octanol–water partition coefficient (Wildman–Crippen LogP) is 4.56. The van der Waals surface area contributed by atoms with Crippen molar-refractivity contribution in [2.45, 2.75) is 0 Å². The van der Waals surface area contributed by atoms with Gasteiger partial charge in [0.1, 0.15) is 11.6 Å². The van der Waals surface area contributed by atoms with Crippen LogP contribution >= 0.6 is 34.3 Å². The Morgan fingerprint density at radius 1 is 1.41 bits per heavy atom. The number of hydrogen-bond acceptors (Lipinski definition) is 5. The average Bonchev–Trinajstić information content (AvgIpc) is 3.14. The number of anilines is 1. The topological polar surface area (TPSA) is 65.8 Å². The second-order valence-electron chi connectivity index (χ2n) is 4.24. The molecule has 2 aromatic heterocycles. The number of thiophene rings is 1. The molecule has 0 unspecified atom stereocenters. The molecule has 1 aromatic carbocycles. The van der Waals surface area contributed by atoms with Gasteiger partial charge in [-0.2, -0.15) is 5.26 Å². The van der Waals surface area contributed by atoms with Crippen LogP contribution in [0.15, 0.2) is 41.4 Å². The Hall–Kier alpha value is -2.20. The van der Waals surface area contributed by atoms with Gasteiger partial charge in [0, 0.05) is 26.5 Å². The van der Waals surface area contributed by atoms with E-state index in [2.05, 4.69) is 10.3 Å². The normalized spacial score (nSPS) is 11.4. The Labute approximate surface area is 139 Å². The maximum absolute atomic E-state index is 12.1. The SMILES string of the molecule is N#CC(=Cc1sc2ccccc2c1Cl)C(=O)Nc1nccs1. The van der Waals surface area contributed by atoms with Crippen LogP contribution in [0.5, 0.6) is 0 Å². The number of nitrogens with zero attached hydrogens (tertiary/aromatic N) is 2. The van der Waals surface area contributed by atoms with E-state index in [0.29, 0.717) is 15.0 Å². The van der Waals surface area contributed by atoms with Gasteiger partial charge >= 0.3 is 0 Å². The highest BCUT2D eigenvalue weighted by atomic mass is 35.5. The molecule has 0 saturated carbocycles. The molecule has 0 saturated heterocycles. The van der Waals surface area contributed by atoms with Gasteiger partial charge in [-0.3, -0.25) is 10.1 Å². The van der Waals surface area contributed by atoms with Crippen molar-refractivity contribution in [1.29, 1.82) is 5.26 Å². The second kappa shape index (κ2) is 6.28. The predicted molar refractivity (Wildman–Crippen MR) is 91.2 cm³/mol. The number of hydrogen-bond donors (Lipinski definition) is 1. The van der Waals surface area contributed by atoms with E-state index in [1.807, 2.05) is 30.3 Å². The Bertz CT molecular complexity index is 907. The second-order valence-corrected chi connectivity index (χ2v) is 6.59. The zero-order valence-electron chi connectivity index (χ0n) is 11.0. The lowest BCUT2D eigenvalue weighted by Gasteiger charge is -1.99. The molecular weight excluding hydrogens is 338 g/mol. The van der Waals surface area contributed by atoms with Gasteiger partial charge in [-0.05, 0) is 12.1 Å². The lowest BCUT2D eigenvalue weighted by Crippen LogP contribution is -2.13. The average molecular weight is 346 g/mol. The molecule has 0 radical (unpaired) electrons. The summed E-state index contributed by atoms with van der Waals surface area (Å²) >= 11 is 9.05. The van der Waals surface area contributed by atoms with E-state index in [4.69, 9.17) is 11.6 Å². The van der Waals surface area contributed by atoms with Crippen molar-refractivity contribution in [3.05, 3.63) is 51.3 Å². The van der Waals surface area contributed by atoms with Crippen molar-refractivity contribution in [1.82, 2.24) is 4.98 Å². The minimum absolute atomic E-state index is 0.0105. The number of nitriles is 1. The van der Waals surface area contributed by atoms with Crippen molar-refractivity contribution in [3.8, 4) is 6.07 Å². The molecule has 3 rings (SSSR count). The van der Waals surface area contributed by atoms with E-state index in [1.165, 1.54) is 28.7 Å². The standard InChI is InChI=1S/C15H8ClN3OS2/c16-13-10-3-1-2-4-11(10)22-12(13)7-9(8-17)14(20)19-15-18-5-6-21-15/h1-7H,(H,18,19,20). The van der Waals surface area contributed by atoms with Crippen LogP contribution in [0.2, 0.25) is 5.02 Å². The highest BCUT2D eigenvalue weighted by Crippen LogP contribution is 2.36. The van der Waals surface area contributed by atoms with Gasteiger partial charge in [-0.25, -0.2) is 4.98 Å². The number of halogens is 1. The molecule has 7 heteroatoms. The third kappa shape index (κ3) is 2.88. The quantitative estimate of drug-likeness (QED) is 0.559. The van der Waals surface area contributed by atoms with Gasteiger partial charge in [0.2, 0.25) is 0 Å². The Kier molecular flexibility index (Phi) is 4.20. The number of amides is 1. The maximum atomic E-state index is 12.1. The van der Waals surface area contributed by atoms with Crippen LogP contribution in [-0.4, -0.2) is 10.9 Å². The molecule has 1 N–H and O–H groups in total. The summed E-state index contributed by atoms with van der Waals surface area (Å²) in [5, 5.41) is 15.5. The van der Waals surface area contributed by atoms with Gasteiger partial charge < -0.3 is 0 Å². The molecule has 0 aliphatic carbocycles. The summed E-state index contributed by atoms with van der Waals surface area (Å²) in [5.41, 5.74) is -0.0105. The molecule has 0 spiro atoms.